The highest BCUT2D eigenvalue weighted by Gasteiger charge is 2.12. The van der Waals surface area contributed by atoms with Crippen molar-refractivity contribution < 1.29 is 14.2 Å². The Morgan fingerprint density at radius 3 is 3.00 bits per heavy atom. The highest BCUT2D eigenvalue weighted by Crippen LogP contribution is 2.13. The molecule has 2 rings (SSSR count). The maximum Gasteiger partial charge on any atom is 0.128 e. The maximum absolute atomic E-state index is 14.0. The van der Waals surface area contributed by atoms with Gasteiger partial charge in [-0.2, -0.15) is 0 Å². The van der Waals surface area contributed by atoms with Crippen molar-refractivity contribution in [1.82, 2.24) is 4.90 Å². The number of aliphatic hydroxyl groups is 1. The Bertz CT molecular complexity index is 485. The van der Waals surface area contributed by atoms with E-state index in [4.69, 9.17) is 9.84 Å². The molecule has 1 fully saturated rings. The number of hydrogen-bond acceptors (Lipinski definition) is 3. The van der Waals surface area contributed by atoms with Crippen LogP contribution in [-0.4, -0.2) is 42.9 Å². The normalized spacial score (nSPS) is 16.3. The highest BCUT2D eigenvalue weighted by molar-refractivity contribution is 5.37. The third-order valence-electron chi connectivity index (χ3n) is 3.23. The first kappa shape index (κ1) is 15.0. The van der Waals surface area contributed by atoms with Gasteiger partial charge in [0.2, 0.25) is 0 Å². The first-order valence-corrected chi connectivity index (χ1v) is 6.98. The van der Waals surface area contributed by atoms with Gasteiger partial charge in [-0.15, -0.1) is 0 Å². The van der Waals surface area contributed by atoms with Gasteiger partial charge in [0.25, 0.3) is 0 Å². The number of ether oxygens (including phenoxy) is 1. The Hall–Kier alpha value is -1.41. The smallest absolute Gasteiger partial charge is 0.128 e. The molecule has 0 radical (unpaired) electrons. The quantitative estimate of drug-likeness (QED) is 0.855. The fourth-order valence-corrected chi connectivity index (χ4v) is 2.17. The molecule has 0 amide bonds. The number of hydrogen-bond donors (Lipinski definition) is 1. The molecule has 0 aliphatic carbocycles. The van der Waals surface area contributed by atoms with Crippen LogP contribution in [0.2, 0.25) is 0 Å². The van der Waals surface area contributed by atoms with E-state index in [1.54, 1.807) is 6.07 Å². The Morgan fingerprint density at radius 2 is 2.20 bits per heavy atom. The Labute approximate surface area is 119 Å². The molecule has 1 aromatic rings. The van der Waals surface area contributed by atoms with Crippen molar-refractivity contribution in [3.63, 3.8) is 0 Å². The zero-order valence-electron chi connectivity index (χ0n) is 11.6. The predicted octanol–water partition coefficient (Wildman–Crippen LogP) is 1.78. The summed E-state index contributed by atoms with van der Waals surface area (Å²) in [7, 11) is 0. The molecule has 1 N–H and O–H groups in total. The van der Waals surface area contributed by atoms with Gasteiger partial charge in [0.05, 0.1) is 13.2 Å². The van der Waals surface area contributed by atoms with Gasteiger partial charge < -0.3 is 9.84 Å². The number of halogens is 1. The molecular formula is C16H20FNO2. The van der Waals surface area contributed by atoms with Crippen LogP contribution in [0, 0.1) is 17.7 Å². The average Bonchev–Trinajstić information content (AvgIpc) is 2.71. The van der Waals surface area contributed by atoms with Crippen LogP contribution in [-0.2, 0) is 11.3 Å². The molecule has 0 saturated carbocycles. The number of benzene rings is 1. The summed E-state index contributed by atoms with van der Waals surface area (Å²) in [5.74, 6) is 5.42. The van der Waals surface area contributed by atoms with Crippen molar-refractivity contribution in [2.24, 2.45) is 0 Å². The number of rotatable bonds is 3. The number of aliphatic hydroxyl groups excluding tert-OH is 1. The molecule has 0 spiro atoms. The van der Waals surface area contributed by atoms with Crippen molar-refractivity contribution in [2.75, 3.05) is 32.9 Å². The topological polar surface area (TPSA) is 32.7 Å². The first-order chi connectivity index (χ1) is 9.79. The van der Waals surface area contributed by atoms with Crippen LogP contribution >= 0.6 is 0 Å². The molecule has 20 heavy (non-hydrogen) atoms. The SMILES string of the molecule is OCCC#Cc1ccc(CN2CCCOCC2)c(F)c1. The highest BCUT2D eigenvalue weighted by atomic mass is 19.1. The predicted molar refractivity (Wildman–Crippen MR) is 75.7 cm³/mol. The first-order valence-electron chi connectivity index (χ1n) is 6.98. The van der Waals surface area contributed by atoms with E-state index >= 15 is 0 Å². The minimum Gasteiger partial charge on any atom is -0.395 e. The van der Waals surface area contributed by atoms with Gasteiger partial charge in [-0.05, 0) is 18.6 Å². The van der Waals surface area contributed by atoms with E-state index in [1.807, 2.05) is 6.07 Å². The lowest BCUT2D eigenvalue weighted by Gasteiger charge is -2.19. The Morgan fingerprint density at radius 1 is 1.30 bits per heavy atom. The molecule has 0 aromatic heterocycles. The summed E-state index contributed by atoms with van der Waals surface area (Å²) in [4.78, 5) is 2.21. The molecule has 1 saturated heterocycles. The van der Waals surface area contributed by atoms with Crippen LogP contribution in [0.1, 0.15) is 24.0 Å². The summed E-state index contributed by atoms with van der Waals surface area (Å²) in [6.07, 6.45) is 1.41. The minimum absolute atomic E-state index is 0.0323. The standard InChI is InChI=1S/C16H20FNO2/c17-16-12-14(4-1-2-9-19)5-6-15(16)13-18-7-3-10-20-11-8-18/h5-6,12,19H,2-3,7-11,13H2. The number of nitrogens with zero attached hydrogens (tertiary/aromatic N) is 1. The van der Waals surface area contributed by atoms with E-state index < -0.39 is 0 Å². The lowest BCUT2D eigenvalue weighted by atomic mass is 10.1. The summed E-state index contributed by atoms with van der Waals surface area (Å²) in [6.45, 7) is 3.93. The van der Waals surface area contributed by atoms with Gasteiger partial charge >= 0.3 is 0 Å². The van der Waals surface area contributed by atoms with Gasteiger partial charge in [-0.1, -0.05) is 17.9 Å². The van der Waals surface area contributed by atoms with Gasteiger partial charge in [-0.25, -0.2) is 4.39 Å². The fraction of sp³-hybridized carbons (Fsp3) is 0.500. The van der Waals surface area contributed by atoms with Crippen molar-refractivity contribution in [3.05, 3.63) is 35.1 Å². The van der Waals surface area contributed by atoms with E-state index in [2.05, 4.69) is 16.7 Å². The third-order valence-corrected chi connectivity index (χ3v) is 3.23. The van der Waals surface area contributed by atoms with Gasteiger partial charge in [0, 0.05) is 43.8 Å². The van der Waals surface area contributed by atoms with Crippen LogP contribution in [0.4, 0.5) is 4.39 Å². The van der Waals surface area contributed by atoms with Gasteiger partial charge in [-0.3, -0.25) is 4.90 Å². The second-order valence-corrected chi connectivity index (χ2v) is 4.82. The summed E-state index contributed by atoms with van der Waals surface area (Å²) in [5.41, 5.74) is 1.35. The van der Waals surface area contributed by atoms with E-state index in [0.29, 0.717) is 30.7 Å². The molecule has 108 valence electrons. The maximum atomic E-state index is 14.0. The zero-order chi connectivity index (χ0) is 14.2. The van der Waals surface area contributed by atoms with E-state index in [-0.39, 0.29) is 12.4 Å². The summed E-state index contributed by atoms with van der Waals surface area (Å²) < 4.78 is 19.4. The molecule has 0 unspecified atom stereocenters. The van der Waals surface area contributed by atoms with Crippen molar-refractivity contribution in [3.8, 4) is 11.8 Å². The van der Waals surface area contributed by atoms with Crippen molar-refractivity contribution in [1.29, 1.82) is 0 Å². The molecular weight excluding hydrogens is 257 g/mol. The summed E-state index contributed by atoms with van der Waals surface area (Å²) in [6, 6.07) is 5.09. The van der Waals surface area contributed by atoms with Crippen molar-refractivity contribution >= 4 is 0 Å². The largest absolute Gasteiger partial charge is 0.395 e. The molecule has 1 aliphatic rings. The van der Waals surface area contributed by atoms with Crippen LogP contribution in [0.15, 0.2) is 18.2 Å². The molecule has 0 bridgehead atoms. The second kappa shape index (κ2) is 8.01. The van der Waals surface area contributed by atoms with Crippen LogP contribution < -0.4 is 0 Å². The second-order valence-electron chi connectivity index (χ2n) is 4.82. The lowest BCUT2D eigenvalue weighted by molar-refractivity contribution is 0.140. The molecule has 0 atom stereocenters. The minimum atomic E-state index is -0.217. The average molecular weight is 277 g/mol. The van der Waals surface area contributed by atoms with E-state index in [1.165, 1.54) is 6.07 Å². The van der Waals surface area contributed by atoms with Gasteiger partial charge in [0.15, 0.2) is 0 Å². The van der Waals surface area contributed by atoms with Crippen LogP contribution in [0.25, 0.3) is 0 Å². The van der Waals surface area contributed by atoms with E-state index in [9.17, 15) is 4.39 Å². The molecule has 1 aliphatic heterocycles. The molecule has 3 nitrogen and oxygen atoms in total. The van der Waals surface area contributed by atoms with Crippen LogP contribution in [0.5, 0.6) is 0 Å². The van der Waals surface area contributed by atoms with Gasteiger partial charge in [0.1, 0.15) is 5.82 Å². The Kier molecular flexibility index (Phi) is 6.00. The van der Waals surface area contributed by atoms with Crippen molar-refractivity contribution in [2.45, 2.75) is 19.4 Å². The Balaban J connectivity index is 2.00. The third kappa shape index (κ3) is 4.61. The fourth-order valence-electron chi connectivity index (χ4n) is 2.17. The monoisotopic (exact) mass is 277 g/mol. The molecule has 4 heteroatoms. The molecule has 1 aromatic carbocycles. The summed E-state index contributed by atoms with van der Waals surface area (Å²) in [5, 5.41) is 8.66. The lowest BCUT2D eigenvalue weighted by Crippen LogP contribution is -2.26. The molecule has 1 heterocycles. The zero-order valence-corrected chi connectivity index (χ0v) is 11.6. The summed E-state index contributed by atoms with van der Waals surface area (Å²) >= 11 is 0. The van der Waals surface area contributed by atoms with Crippen LogP contribution in [0.3, 0.4) is 0 Å². The van der Waals surface area contributed by atoms with E-state index in [0.717, 1.165) is 26.1 Å².